The number of carbonyl (C=O) groups excluding carboxylic acids is 1. The molecule has 0 bridgehead atoms. The second kappa shape index (κ2) is 5.80. The zero-order chi connectivity index (χ0) is 14.8. The maximum absolute atomic E-state index is 12.1. The van der Waals surface area contributed by atoms with Crippen molar-refractivity contribution in [3.05, 3.63) is 35.0 Å². The Hall–Kier alpha value is -1.97. The zero-order valence-corrected chi connectivity index (χ0v) is 12.8. The van der Waals surface area contributed by atoms with Crippen molar-refractivity contribution in [3.63, 3.8) is 0 Å². The van der Waals surface area contributed by atoms with Crippen LogP contribution in [0.1, 0.15) is 30.2 Å². The molecule has 0 atom stereocenters. The van der Waals surface area contributed by atoms with Crippen molar-refractivity contribution < 1.29 is 4.79 Å². The largest absolute Gasteiger partial charge is 0.358 e. The summed E-state index contributed by atoms with van der Waals surface area (Å²) in [7, 11) is 0. The van der Waals surface area contributed by atoms with Gasteiger partial charge in [0.05, 0.1) is 0 Å². The zero-order valence-electron chi connectivity index (χ0n) is 12.8. The lowest BCUT2D eigenvalue weighted by Gasteiger charge is -2.20. The first-order valence-electron chi connectivity index (χ1n) is 7.82. The first-order chi connectivity index (χ1) is 10.2. The normalized spacial score (nSPS) is 14.9. The maximum Gasteiger partial charge on any atom is 0.317 e. The minimum Gasteiger partial charge on any atom is -0.358 e. The van der Waals surface area contributed by atoms with Gasteiger partial charge >= 0.3 is 6.03 Å². The van der Waals surface area contributed by atoms with E-state index in [1.165, 1.54) is 27.7 Å². The third-order valence-corrected chi connectivity index (χ3v) is 4.23. The van der Waals surface area contributed by atoms with Gasteiger partial charge in [0.1, 0.15) is 0 Å². The molecule has 2 heterocycles. The van der Waals surface area contributed by atoms with E-state index in [1.807, 2.05) is 4.90 Å². The number of hydrogen-bond donors (Lipinski definition) is 2. The predicted octanol–water partition coefficient (Wildman–Crippen LogP) is 3.00. The third-order valence-electron chi connectivity index (χ3n) is 4.23. The highest BCUT2D eigenvalue weighted by molar-refractivity contribution is 5.85. The summed E-state index contributed by atoms with van der Waals surface area (Å²) < 4.78 is 0. The fourth-order valence-electron chi connectivity index (χ4n) is 3.07. The van der Waals surface area contributed by atoms with Gasteiger partial charge in [0.25, 0.3) is 0 Å². The van der Waals surface area contributed by atoms with E-state index in [4.69, 9.17) is 0 Å². The predicted molar refractivity (Wildman–Crippen MR) is 85.7 cm³/mol. The molecule has 0 unspecified atom stereocenters. The van der Waals surface area contributed by atoms with Crippen molar-refractivity contribution in [2.75, 3.05) is 19.6 Å². The van der Waals surface area contributed by atoms with Gasteiger partial charge in [-0.25, -0.2) is 4.79 Å². The molecule has 0 radical (unpaired) electrons. The number of carbonyl (C=O) groups is 1. The number of fused-ring (bicyclic) bond motifs is 3. The summed E-state index contributed by atoms with van der Waals surface area (Å²) in [6.45, 7) is 6.53. The fraction of sp³-hybridized carbons (Fsp3) is 0.471. The Morgan fingerprint density at radius 2 is 2.14 bits per heavy atom. The minimum absolute atomic E-state index is 0.0717. The monoisotopic (exact) mass is 285 g/mol. The first-order valence-corrected chi connectivity index (χ1v) is 7.82. The van der Waals surface area contributed by atoms with E-state index in [0.29, 0.717) is 0 Å². The van der Waals surface area contributed by atoms with Crippen molar-refractivity contribution in [1.29, 1.82) is 0 Å². The van der Waals surface area contributed by atoms with Gasteiger partial charge in [0, 0.05) is 42.7 Å². The van der Waals surface area contributed by atoms with E-state index in [0.717, 1.165) is 38.9 Å². The lowest BCUT2D eigenvalue weighted by Crippen LogP contribution is -2.41. The molecule has 4 heteroatoms. The second-order valence-electron chi connectivity index (χ2n) is 5.85. The van der Waals surface area contributed by atoms with Crippen LogP contribution in [0.3, 0.4) is 0 Å². The van der Waals surface area contributed by atoms with Crippen molar-refractivity contribution in [2.45, 2.75) is 33.1 Å². The summed E-state index contributed by atoms with van der Waals surface area (Å²) in [6, 6.07) is 6.62. The Morgan fingerprint density at radius 3 is 2.95 bits per heavy atom. The van der Waals surface area contributed by atoms with E-state index in [-0.39, 0.29) is 6.03 Å². The van der Waals surface area contributed by atoms with Gasteiger partial charge in [-0.05, 0) is 37.5 Å². The highest BCUT2D eigenvalue weighted by atomic mass is 16.2. The molecule has 2 aromatic rings. The van der Waals surface area contributed by atoms with Gasteiger partial charge in [-0.3, -0.25) is 0 Å². The molecule has 0 spiro atoms. The number of nitrogens with zero attached hydrogens (tertiary/aromatic N) is 1. The van der Waals surface area contributed by atoms with E-state index >= 15 is 0 Å². The molecule has 2 N–H and O–H groups in total. The summed E-state index contributed by atoms with van der Waals surface area (Å²) in [4.78, 5) is 17.6. The van der Waals surface area contributed by atoms with E-state index in [1.54, 1.807) is 0 Å². The maximum atomic E-state index is 12.1. The summed E-state index contributed by atoms with van der Waals surface area (Å²) in [5.74, 6) is 0. The molecule has 1 aliphatic rings. The number of rotatable bonds is 2. The van der Waals surface area contributed by atoms with Gasteiger partial charge in [0.2, 0.25) is 0 Å². The molecule has 0 fully saturated rings. The molecule has 1 aromatic carbocycles. The number of urea groups is 1. The SMILES string of the molecule is CCCNC(=O)N1CCc2[nH]c3ccc(C)cc3c2CC1. The Balaban J connectivity index is 1.80. The summed E-state index contributed by atoms with van der Waals surface area (Å²) in [5, 5.41) is 4.29. The van der Waals surface area contributed by atoms with Crippen LogP contribution in [0.4, 0.5) is 4.79 Å². The number of amides is 2. The summed E-state index contributed by atoms with van der Waals surface area (Å²) in [6.07, 6.45) is 2.81. The van der Waals surface area contributed by atoms with Crippen molar-refractivity contribution in [2.24, 2.45) is 0 Å². The quantitative estimate of drug-likeness (QED) is 0.875. The molecule has 1 aromatic heterocycles. The molecule has 21 heavy (non-hydrogen) atoms. The molecule has 4 nitrogen and oxygen atoms in total. The lowest BCUT2D eigenvalue weighted by molar-refractivity contribution is 0.200. The Kier molecular flexibility index (Phi) is 3.86. The highest BCUT2D eigenvalue weighted by Gasteiger charge is 2.21. The van der Waals surface area contributed by atoms with Crippen molar-refractivity contribution in [3.8, 4) is 0 Å². The second-order valence-corrected chi connectivity index (χ2v) is 5.85. The number of aromatic amines is 1. The van der Waals surface area contributed by atoms with Crippen LogP contribution in [0, 0.1) is 6.92 Å². The van der Waals surface area contributed by atoms with Gasteiger partial charge in [-0.15, -0.1) is 0 Å². The van der Waals surface area contributed by atoms with Crippen molar-refractivity contribution in [1.82, 2.24) is 15.2 Å². The molecular weight excluding hydrogens is 262 g/mol. The topological polar surface area (TPSA) is 48.1 Å². The Labute approximate surface area is 125 Å². The first kappa shape index (κ1) is 14.0. The average Bonchev–Trinajstić information content (AvgIpc) is 2.68. The molecule has 0 saturated carbocycles. The average molecular weight is 285 g/mol. The number of nitrogens with one attached hydrogen (secondary N) is 2. The van der Waals surface area contributed by atoms with E-state index in [2.05, 4.69) is 42.3 Å². The van der Waals surface area contributed by atoms with Gasteiger partial charge in [0.15, 0.2) is 0 Å². The van der Waals surface area contributed by atoms with E-state index in [9.17, 15) is 4.79 Å². The van der Waals surface area contributed by atoms with Gasteiger partial charge in [-0.2, -0.15) is 0 Å². The fourth-order valence-corrected chi connectivity index (χ4v) is 3.07. The number of benzene rings is 1. The summed E-state index contributed by atoms with van der Waals surface area (Å²) >= 11 is 0. The van der Waals surface area contributed by atoms with Crippen LogP contribution in [0.15, 0.2) is 18.2 Å². The summed E-state index contributed by atoms with van der Waals surface area (Å²) in [5.41, 5.74) is 5.18. The van der Waals surface area contributed by atoms with E-state index < -0.39 is 0 Å². The van der Waals surface area contributed by atoms with Crippen LogP contribution in [0.5, 0.6) is 0 Å². The van der Waals surface area contributed by atoms with Gasteiger partial charge in [-0.1, -0.05) is 18.6 Å². The molecule has 1 aliphatic heterocycles. The minimum atomic E-state index is 0.0717. The highest BCUT2D eigenvalue weighted by Crippen LogP contribution is 2.26. The van der Waals surface area contributed by atoms with Crippen LogP contribution in [0.25, 0.3) is 10.9 Å². The molecule has 0 saturated heterocycles. The number of H-pyrrole nitrogens is 1. The molecular formula is C17H23N3O. The Bertz CT molecular complexity index is 659. The third kappa shape index (κ3) is 2.75. The van der Waals surface area contributed by atoms with Crippen molar-refractivity contribution >= 4 is 16.9 Å². The standard InChI is InChI=1S/C17H23N3O/c1-3-8-18-17(21)20-9-6-13-14-11-12(2)4-5-15(14)19-16(13)7-10-20/h4-5,11,19H,3,6-10H2,1-2H3,(H,18,21). The lowest BCUT2D eigenvalue weighted by atomic mass is 10.1. The molecule has 3 rings (SSSR count). The molecule has 0 aliphatic carbocycles. The smallest absolute Gasteiger partial charge is 0.317 e. The van der Waals surface area contributed by atoms with Crippen LogP contribution < -0.4 is 5.32 Å². The van der Waals surface area contributed by atoms with Crippen LogP contribution in [-0.2, 0) is 12.8 Å². The number of hydrogen-bond acceptors (Lipinski definition) is 1. The molecule has 2 amide bonds. The van der Waals surface area contributed by atoms with Gasteiger partial charge < -0.3 is 15.2 Å². The Morgan fingerprint density at radius 1 is 1.33 bits per heavy atom. The number of aryl methyl sites for hydroxylation is 1. The van der Waals surface area contributed by atoms with Crippen LogP contribution in [0.2, 0.25) is 0 Å². The number of aromatic nitrogens is 1. The molecule has 112 valence electrons. The van der Waals surface area contributed by atoms with Crippen LogP contribution in [-0.4, -0.2) is 35.5 Å². The van der Waals surface area contributed by atoms with Crippen LogP contribution >= 0.6 is 0 Å².